The molecular weight excluding hydrogens is 422 g/mol. The molecule has 6 heteroatoms. The van der Waals surface area contributed by atoms with E-state index < -0.39 is 0 Å². The van der Waals surface area contributed by atoms with E-state index in [1.165, 1.54) is 12.0 Å². The second-order valence-electron chi connectivity index (χ2n) is 9.77. The maximum absolute atomic E-state index is 12.7. The average Bonchev–Trinajstić information content (AvgIpc) is 3.23. The quantitative estimate of drug-likeness (QED) is 0.521. The van der Waals surface area contributed by atoms with E-state index in [0.29, 0.717) is 6.04 Å². The van der Waals surface area contributed by atoms with Crippen LogP contribution in [0.1, 0.15) is 62.0 Å². The van der Waals surface area contributed by atoms with Gasteiger partial charge in [-0.05, 0) is 44.6 Å². The highest BCUT2D eigenvalue weighted by Gasteiger charge is 2.29. The molecule has 3 aromatic rings. The van der Waals surface area contributed by atoms with Crippen LogP contribution in [0.3, 0.4) is 0 Å². The Kier molecular flexibility index (Phi) is 7.05. The monoisotopic (exact) mass is 457 g/mol. The van der Waals surface area contributed by atoms with Crippen molar-refractivity contribution in [1.82, 2.24) is 25.0 Å². The normalized spacial score (nSPS) is 18.4. The van der Waals surface area contributed by atoms with Gasteiger partial charge in [-0.2, -0.15) is 0 Å². The first-order chi connectivity index (χ1) is 16.7. The molecule has 0 bridgehead atoms. The number of amides is 1. The number of hydrogen-bond acceptors (Lipinski definition) is 4. The van der Waals surface area contributed by atoms with Gasteiger partial charge in [-0.1, -0.05) is 67.1 Å². The van der Waals surface area contributed by atoms with E-state index in [0.717, 1.165) is 69.0 Å². The topological polar surface area (TPSA) is 63.1 Å². The molecule has 5 rings (SSSR count). The van der Waals surface area contributed by atoms with Crippen molar-refractivity contribution < 1.29 is 4.79 Å². The molecule has 1 aromatic heterocycles. The predicted octanol–water partition coefficient (Wildman–Crippen LogP) is 4.94. The SMILES string of the molecule is Cc1nnc(-c2ccccc2)n1C1CCN(CCC(NC(=O)C2CCC2)c2ccccc2)CC1. The van der Waals surface area contributed by atoms with E-state index in [1.54, 1.807) is 0 Å². The summed E-state index contributed by atoms with van der Waals surface area (Å²) >= 11 is 0. The predicted molar refractivity (Wildman–Crippen MR) is 134 cm³/mol. The van der Waals surface area contributed by atoms with E-state index in [1.807, 2.05) is 12.1 Å². The van der Waals surface area contributed by atoms with E-state index >= 15 is 0 Å². The minimum atomic E-state index is 0.0804. The van der Waals surface area contributed by atoms with E-state index in [9.17, 15) is 4.79 Å². The molecule has 2 aromatic carbocycles. The summed E-state index contributed by atoms with van der Waals surface area (Å²) in [7, 11) is 0. The van der Waals surface area contributed by atoms with Crippen LogP contribution in [0.2, 0.25) is 0 Å². The molecule has 178 valence electrons. The fourth-order valence-corrected chi connectivity index (χ4v) is 5.27. The molecule has 2 aliphatic rings. The number of aryl methyl sites for hydroxylation is 1. The maximum atomic E-state index is 12.7. The lowest BCUT2D eigenvalue weighted by molar-refractivity contribution is -0.128. The lowest BCUT2D eigenvalue weighted by Crippen LogP contribution is -2.40. The van der Waals surface area contributed by atoms with Crippen LogP contribution >= 0.6 is 0 Å². The zero-order chi connectivity index (χ0) is 23.3. The molecule has 0 radical (unpaired) electrons. The summed E-state index contributed by atoms with van der Waals surface area (Å²) in [6.45, 7) is 5.15. The number of carbonyl (C=O) groups is 1. The average molecular weight is 458 g/mol. The molecular formula is C28H35N5O. The van der Waals surface area contributed by atoms with Gasteiger partial charge < -0.3 is 14.8 Å². The smallest absolute Gasteiger partial charge is 0.223 e. The minimum Gasteiger partial charge on any atom is -0.349 e. The van der Waals surface area contributed by atoms with Gasteiger partial charge >= 0.3 is 0 Å². The summed E-state index contributed by atoms with van der Waals surface area (Å²) in [5, 5.41) is 12.2. The van der Waals surface area contributed by atoms with Crippen molar-refractivity contribution >= 4 is 5.91 Å². The molecule has 6 nitrogen and oxygen atoms in total. The van der Waals surface area contributed by atoms with Gasteiger partial charge in [0.2, 0.25) is 5.91 Å². The summed E-state index contributed by atoms with van der Waals surface area (Å²) in [6.07, 6.45) is 6.37. The fraction of sp³-hybridized carbons (Fsp3) is 0.464. The molecule has 1 unspecified atom stereocenters. The molecule has 1 saturated heterocycles. The van der Waals surface area contributed by atoms with Crippen LogP contribution in [-0.2, 0) is 4.79 Å². The highest BCUT2D eigenvalue weighted by atomic mass is 16.2. The van der Waals surface area contributed by atoms with Gasteiger partial charge in [-0.25, -0.2) is 0 Å². The number of nitrogens with one attached hydrogen (secondary N) is 1. The van der Waals surface area contributed by atoms with Crippen molar-refractivity contribution in [2.75, 3.05) is 19.6 Å². The summed E-state index contributed by atoms with van der Waals surface area (Å²) in [5.41, 5.74) is 2.33. The number of carbonyl (C=O) groups excluding carboxylic acids is 1. The molecule has 1 aliphatic carbocycles. The molecule has 1 N–H and O–H groups in total. The van der Waals surface area contributed by atoms with Crippen molar-refractivity contribution in [1.29, 1.82) is 0 Å². The molecule has 34 heavy (non-hydrogen) atoms. The lowest BCUT2D eigenvalue weighted by atomic mass is 9.84. The second kappa shape index (κ2) is 10.5. The number of piperidine rings is 1. The van der Waals surface area contributed by atoms with Crippen LogP contribution in [0.15, 0.2) is 60.7 Å². The Labute approximate surface area is 202 Å². The van der Waals surface area contributed by atoms with Gasteiger partial charge in [0, 0.05) is 37.2 Å². The third-order valence-electron chi connectivity index (χ3n) is 7.55. The van der Waals surface area contributed by atoms with Crippen LogP contribution in [-0.4, -0.2) is 45.2 Å². The minimum absolute atomic E-state index is 0.0804. The van der Waals surface area contributed by atoms with Crippen LogP contribution < -0.4 is 5.32 Å². The Morgan fingerprint density at radius 2 is 1.65 bits per heavy atom. The molecule has 1 amide bonds. The molecule has 2 heterocycles. The van der Waals surface area contributed by atoms with E-state index in [4.69, 9.17) is 0 Å². The van der Waals surface area contributed by atoms with Crippen LogP contribution in [0.5, 0.6) is 0 Å². The summed E-state index contributed by atoms with van der Waals surface area (Å²) in [5.74, 6) is 2.41. The zero-order valence-electron chi connectivity index (χ0n) is 20.1. The van der Waals surface area contributed by atoms with E-state index in [-0.39, 0.29) is 17.9 Å². The molecule has 1 saturated carbocycles. The Balaban J connectivity index is 1.20. The van der Waals surface area contributed by atoms with Gasteiger partial charge in [0.05, 0.1) is 6.04 Å². The standard InChI is InChI=1S/C28H35N5O/c1-21-30-31-27(23-11-6-3-7-12-23)33(21)25-15-18-32(19-16-25)20-17-26(22-9-4-2-5-10-22)29-28(34)24-13-8-14-24/h2-7,9-12,24-26H,8,13-20H2,1H3,(H,29,34). The molecule has 0 spiro atoms. The lowest BCUT2D eigenvalue weighted by Gasteiger charge is -2.34. The Hall–Kier alpha value is -2.99. The van der Waals surface area contributed by atoms with Crippen LogP contribution in [0, 0.1) is 12.8 Å². The Bertz CT molecular complexity index is 1070. The van der Waals surface area contributed by atoms with Gasteiger partial charge in [0.15, 0.2) is 5.82 Å². The summed E-state index contributed by atoms with van der Waals surface area (Å²) in [4.78, 5) is 15.2. The highest BCUT2D eigenvalue weighted by Crippen LogP contribution is 2.31. The van der Waals surface area contributed by atoms with Gasteiger partial charge in [0.1, 0.15) is 5.82 Å². The number of hydrogen-bond donors (Lipinski definition) is 1. The van der Waals surface area contributed by atoms with Gasteiger partial charge in [0.25, 0.3) is 0 Å². The molecule has 1 aliphatic heterocycles. The van der Waals surface area contributed by atoms with Crippen molar-refractivity contribution in [2.45, 2.75) is 57.5 Å². The first-order valence-corrected chi connectivity index (χ1v) is 12.7. The number of rotatable bonds is 8. The Morgan fingerprint density at radius 3 is 2.29 bits per heavy atom. The number of nitrogens with zero attached hydrogens (tertiary/aromatic N) is 4. The van der Waals surface area contributed by atoms with Crippen LogP contribution in [0.4, 0.5) is 0 Å². The van der Waals surface area contributed by atoms with Crippen molar-refractivity contribution in [2.24, 2.45) is 5.92 Å². The third kappa shape index (κ3) is 5.07. The fourth-order valence-electron chi connectivity index (χ4n) is 5.27. The number of likely N-dealkylation sites (tertiary alicyclic amines) is 1. The van der Waals surface area contributed by atoms with Gasteiger partial charge in [-0.3, -0.25) is 4.79 Å². The maximum Gasteiger partial charge on any atom is 0.223 e. The Morgan fingerprint density at radius 1 is 0.971 bits per heavy atom. The first kappa shape index (κ1) is 22.8. The zero-order valence-corrected chi connectivity index (χ0v) is 20.1. The molecule has 1 atom stereocenters. The van der Waals surface area contributed by atoms with Crippen molar-refractivity contribution in [3.63, 3.8) is 0 Å². The van der Waals surface area contributed by atoms with Gasteiger partial charge in [-0.15, -0.1) is 10.2 Å². The largest absolute Gasteiger partial charge is 0.349 e. The molecule has 2 fully saturated rings. The van der Waals surface area contributed by atoms with Crippen molar-refractivity contribution in [3.05, 3.63) is 72.1 Å². The third-order valence-corrected chi connectivity index (χ3v) is 7.55. The van der Waals surface area contributed by atoms with Crippen LogP contribution in [0.25, 0.3) is 11.4 Å². The number of aromatic nitrogens is 3. The summed E-state index contributed by atoms with van der Waals surface area (Å²) in [6, 6.07) is 21.3. The first-order valence-electron chi connectivity index (χ1n) is 12.7. The summed E-state index contributed by atoms with van der Waals surface area (Å²) < 4.78 is 2.33. The van der Waals surface area contributed by atoms with Crippen molar-refractivity contribution in [3.8, 4) is 11.4 Å². The highest BCUT2D eigenvalue weighted by molar-refractivity contribution is 5.79. The second-order valence-corrected chi connectivity index (χ2v) is 9.77. The van der Waals surface area contributed by atoms with E-state index in [2.05, 4.69) is 80.4 Å². The number of benzene rings is 2.